The minimum atomic E-state index is -0.393. The van der Waals surface area contributed by atoms with Crippen LogP contribution in [0.25, 0.3) is 0 Å². The second kappa shape index (κ2) is 10.1. The number of nitrogens with one attached hydrogen (secondary N) is 2. The quantitative estimate of drug-likeness (QED) is 0.495. The first-order chi connectivity index (χ1) is 14.8. The molecule has 0 aliphatic carbocycles. The van der Waals surface area contributed by atoms with Crippen LogP contribution in [0.15, 0.2) is 28.7 Å². The molecule has 0 aliphatic rings. The van der Waals surface area contributed by atoms with Crippen molar-refractivity contribution < 1.29 is 9.59 Å². The van der Waals surface area contributed by atoms with Crippen molar-refractivity contribution in [2.24, 2.45) is 0 Å². The first kappa shape index (κ1) is 23.0. The van der Waals surface area contributed by atoms with Crippen molar-refractivity contribution in [2.45, 2.75) is 58.0 Å². The van der Waals surface area contributed by atoms with Crippen LogP contribution in [0.5, 0.6) is 0 Å². The molecular weight excluding hydrogens is 432 g/mol. The number of aromatic nitrogens is 4. The molecule has 2 N–H and O–H groups in total. The zero-order chi connectivity index (χ0) is 22.5. The second-order valence-corrected chi connectivity index (χ2v) is 9.40. The van der Waals surface area contributed by atoms with Crippen molar-refractivity contribution in [1.29, 1.82) is 0 Å². The number of hydrogen-bond donors (Lipinski definition) is 2. The molecule has 0 spiro atoms. The third-order valence-electron chi connectivity index (χ3n) is 4.58. The highest BCUT2D eigenvalue weighted by Gasteiger charge is 2.21. The molecule has 3 aromatic rings. The van der Waals surface area contributed by atoms with Gasteiger partial charge >= 0.3 is 0 Å². The molecular formula is C21H26N6O2S2. The van der Waals surface area contributed by atoms with E-state index >= 15 is 0 Å². The van der Waals surface area contributed by atoms with Crippen LogP contribution in [0.3, 0.4) is 0 Å². The number of rotatable bonds is 8. The van der Waals surface area contributed by atoms with Gasteiger partial charge in [-0.1, -0.05) is 29.5 Å². The molecule has 10 heteroatoms. The van der Waals surface area contributed by atoms with Crippen molar-refractivity contribution in [2.75, 3.05) is 10.6 Å². The number of hydrogen-bond acceptors (Lipinski definition) is 7. The summed E-state index contributed by atoms with van der Waals surface area (Å²) in [6.45, 7) is 10.2. The average Bonchev–Trinajstić information content (AvgIpc) is 3.29. The molecule has 0 aliphatic heterocycles. The number of anilines is 2. The van der Waals surface area contributed by atoms with Crippen LogP contribution in [0, 0.1) is 20.8 Å². The lowest BCUT2D eigenvalue weighted by Crippen LogP contribution is -2.23. The molecule has 0 fully saturated rings. The molecule has 8 nitrogen and oxygen atoms in total. The van der Waals surface area contributed by atoms with Crippen LogP contribution in [0.2, 0.25) is 0 Å². The summed E-state index contributed by atoms with van der Waals surface area (Å²) in [5.41, 5.74) is 3.81. The highest BCUT2D eigenvalue weighted by molar-refractivity contribution is 8.00. The third-order valence-corrected chi connectivity index (χ3v) is 6.54. The number of benzene rings is 1. The Bertz CT molecular complexity index is 1090. The fraction of sp³-hybridized carbons (Fsp3) is 0.381. The summed E-state index contributed by atoms with van der Waals surface area (Å²) >= 11 is 2.70. The predicted molar refractivity (Wildman–Crippen MR) is 125 cm³/mol. The number of carbonyl (C=O) groups is 2. The minimum Gasteiger partial charge on any atom is -0.325 e. The van der Waals surface area contributed by atoms with Gasteiger partial charge in [0.05, 0.1) is 17.4 Å². The molecule has 3 rings (SSSR count). The summed E-state index contributed by atoms with van der Waals surface area (Å²) < 4.78 is 1.86. The summed E-state index contributed by atoms with van der Waals surface area (Å²) in [6, 6.07) is 5.89. The molecule has 0 saturated carbocycles. The zero-order valence-electron chi connectivity index (χ0n) is 18.2. The number of aryl methyl sites for hydroxylation is 3. The van der Waals surface area contributed by atoms with Crippen LogP contribution < -0.4 is 10.6 Å². The van der Waals surface area contributed by atoms with Gasteiger partial charge in [-0.05, 0) is 46.2 Å². The van der Waals surface area contributed by atoms with E-state index in [0.29, 0.717) is 22.7 Å². The Morgan fingerprint density at radius 2 is 1.97 bits per heavy atom. The lowest BCUT2D eigenvalue weighted by Gasteiger charge is -2.12. The van der Waals surface area contributed by atoms with Crippen LogP contribution in [0.4, 0.5) is 10.8 Å². The van der Waals surface area contributed by atoms with E-state index < -0.39 is 5.25 Å². The summed E-state index contributed by atoms with van der Waals surface area (Å²) in [5, 5.41) is 16.8. The van der Waals surface area contributed by atoms with Gasteiger partial charge in [0.25, 0.3) is 0 Å². The van der Waals surface area contributed by atoms with Crippen LogP contribution in [0.1, 0.15) is 36.5 Å². The number of amides is 2. The van der Waals surface area contributed by atoms with E-state index in [1.807, 2.05) is 62.8 Å². The Hall–Kier alpha value is -2.72. The molecule has 0 bridgehead atoms. The Labute approximate surface area is 189 Å². The number of thiazole rings is 1. The summed E-state index contributed by atoms with van der Waals surface area (Å²) in [7, 11) is 0. The van der Waals surface area contributed by atoms with Crippen molar-refractivity contribution in [3.05, 3.63) is 46.2 Å². The lowest BCUT2D eigenvalue weighted by molar-refractivity contribution is -0.116. The van der Waals surface area contributed by atoms with E-state index in [1.165, 1.54) is 23.1 Å². The number of carbonyl (C=O) groups excluding carboxylic acids is 2. The fourth-order valence-electron chi connectivity index (χ4n) is 2.98. The number of thioether (sulfide) groups is 1. The summed E-state index contributed by atoms with van der Waals surface area (Å²) in [5.74, 6) is 0.255. The number of nitrogens with zero attached hydrogens (tertiary/aromatic N) is 4. The smallest absolute Gasteiger partial charge is 0.239 e. The SMILES string of the molecule is CCn1c(CC(=O)Nc2ccc(C)cc2C)nnc1SC(C)C(=O)Nc1nc(C)cs1. The maximum Gasteiger partial charge on any atom is 0.239 e. The van der Waals surface area contributed by atoms with Gasteiger partial charge in [-0.2, -0.15) is 0 Å². The van der Waals surface area contributed by atoms with Crippen LogP contribution in [-0.2, 0) is 22.6 Å². The van der Waals surface area contributed by atoms with Crippen molar-refractivity contribution in [3.8, 4) is 0 Å². The summed E-state index contributed by atoms with van der Waals surface area (Å²) in [6.07, 6.45) is 0.105. The Morgan fingerprint density at radius 1 is 1.19 bits per heavy atom. The maximum absolute atomic E-state index is 12.6. The van der Waals surface area contributed by atoms with Gasteiger partial charge in [-0.25, -0.2) is 4.98 Å². The monoisotopic (exact) mass is 458 g/mol. The maximum atomic E-state index is 12.6. The second-order valence-electron chi connectivity index (χ2n) is 7.23. The highest BCUT2D eigenvalue weighted by Crippen LogP contribution is 2.25. The lowest BCUT2D eigenvalue weighted by atomic mass is 10.1. The molecule has 1 unspecified atom stereocenters. The van der Waals surface area contributed by atoms with Gasteiger partial charge in [0.1, 0.15) is 5.82 Å². The van der Waals surface area contributed by atoms with Gasteiger partial charge in [-0.15, -0.1) is 21.5 Å². The van der Waals surface area contributed by atoms with Gasteiger partial charge in [0.2, 0.25) is 11.8 Å². The van der Waals surface area contributed by atoms with Crippen LogP contribution in [-0.4, -0.2) is 36.8 Å². The minimum absolute atomic E-state index is 0.105. The van der Waals surface area contributed by atoms with Gasteiger partial charge in [0.15, 0.2) is 10.3 Å². The van der Waals surface area contributed by atoms with Gasteiger partial charge in [0, 0.05) is 17.6 Å². The van der Waals surface area contributed by atoms with Crippen molar-refractivity contribution in [3.63, 3.8) is 0 Å². The van der Waals surface area contributed by atoms with E-state index in [4.69, 9.17) is 0 Å². The van der Waals surface area contributed by atoms with E-state index in [2.05, 4.69) is 25.8 Å². The Balaban J connectivity index is 1.64. The van der Waals surface area contributed by atoms with Gasteiger partial charge in [-0.3, -0.25) is 9.59 Å². The third kappa shape index (κ3) is 5.92. The van der Waals surface area contributed by atoms with Crippen LogP contribution >= 0.6 is 23.1 Å². The molecule has 2 amide bonds. The van der Waals surface area contributed by atoms with E-state index in [9.17, 15) is 9.59 Å². The average molecular weight is 459 g/mol. The fourth-order valence-corrected chi connectivity index (χ4v) is 4.60. The topological polar surface area (TPSA) is 102 Å². The molecule has 0 saturated heterocycles. The molecule has 2 aromatic heterocycles. The molecule has 31 heavy (non-hydrogen) atoms. The van der Waals surface area contributed by atoms with Gasteiger partial charge < -0.3 is 15.2 Å². The van der Waals surface area contributed by atoms with Crippen molar-refractivity contribution >= 4 is 45.7 Å². The predicted octanol–water partition coefficient (Wildman–Crippen LogP) is 3.98. The Kier molecular flexibility index (Phi) is 7.45. The van der Waals surface area contributed by atoms with E-state index in [0.717, 1.165) is 22.5 Å². The molecule has 2 heterocycles. The Morgan fingerprint density at radius 3 is 2.61 bits per heavy atom. The first-order valence-corrected chi connectivity index (χ1v) is 11.7. The standard InChI is InChI=1S/C21H26N6O2S2/c1-6-27-17(10-18(28)23-16-8-7-12(2)9-13(16)3)25-26-21(27)31-15(5)19(29)24-20-22-14(4)11-30-20/h7-9,11,15H,6,10H2,1-5H3,(H,23,28)(H,22,24,29). The largest absolute Gasteiger partial charge is 0.325 e. The van der Waals surface area contributed by atoms with E-state index in [1.54, 1.807) is 0 Å². The van der Waals surface area contributed by atoms with Crippen molar-refractivity contribution in [1.82, 2.24) is 19.7 Å². The zero-order valence-corrected chi connectivity index (χ0v) is 19.9. The molecule has 1 atom stereocenters. The molecule has 0 radical (unpaired) electrons. The first-order valence-electron chi connectivity index (χ1n) is 9.95. The highest BCUT2D eigenvalue weighted by atomic mass is 32.2. The molecule has 164 valence electrons. The molecule has 1 aromatic carbocycles. The summed E-state index contributed by atoms with van der Waals surface area (Å²) in [4.78, 5) is 29.3. The normalized spacial score (nSPS) is 11.9. The van der Waals surface area contributed by atoms with E-state index in [-0.39, 0.29) is 18.2 Å².